The maximum Gasteiger partial charge on any atom is 0.407 e. The van der Waals surface area contributed by atoms with Crippen LogP contribution < -0.4 is 5.32 Å². The molecule has 0 radical (unpaired) electrons. The zero-order valence-corrected chi connectivity index (χ0v) is 11.1. The third-order valence-electron chi connectivity index (χ3n) is 3.40. The summed E-state index contributed by atoms with van der Waals surface area (Å²) in [5, 5.41) is 12.7. The number of aliphatic hydroxyl groups is 1. The van der Waals surface area contributed by atoms with Crippen molar-refractivity contribution in [3.8, 4) is 0 Å². The number of hydrogen-bond acceptors (Lipinski definition) is 4. The van der Waals surface area contributed by atoms with Crippen LogP contribution in [0.15, 0.2) is 30.3 Å². The molecule has 1 aromatic carbocycles. The maximum absolute atomic E-state index is 11.1. The molecule has 1 aliphatic heterocycles. The van der Waals surface area contributed by atoms with Gasteiger partial charge in [0.1, 0.15) is 0 Å². The van der Waals surface area contributed by atoms with Crippen molar-refractivity contribution >= 4 is 6.09 Å². The van der Waals surface area contributed by atoms with Crippen LogP contribution in [0.1, 0.15) is 12.0 Å². The van der Waals surface area contributed by atoms with Gasteiger partial charge in [0.05, 0.1) is 19.3 Å². The summed E-state index contributed by atoms with van der Waals surface area (Å²) in [6, 6.07) is 9.94. The molecule has 1 saturated heterocycles. The Balaban J connectivity index is 1.84. The van der Waals surface area contributed by atoms with E-state index in [1.807, 2.05) is 18.2 Å². The number of piperidine rings is 1. The highest BCUT2D eigenvalue weighted by Gasteiger charge is 2.28. The number of β-amino-alcohol motifs (C(OH)–C–C–N with tert-alkyl or cyclic N) is 1. The van der Waals surface area contributed by atoms with Gasteiger partial charge in [-0.25, -0.2) is 4.79 Å². The van der Waals surface area contributed by atoms with Crippen LogP contribution in [-0.4, -0.2) is 48.4 Å². The molecule has 1 amide bonds. The van der Waals surface area contributed by atoms with E-state index >= 15 is 0 Å². The molecule has 0 unspecified atom stereocenters. The highest BCUT2D eigenvalue weighted by molar-refractivity contribution is 5.67. The summed E-state index contributed by atoms with van der Waals surface area (Å²) in [6.07, 6.45) is -0.319. The molecule has 1 aromatic rings. The van der Waals surface area contributed by atoms with Gasteiger partial charge in [0.25, 0.3) is 0 Å². The number of hydrogen-bond donors (Lipinski definition) is 2. The lowest BCUT2D eigenvalue weighted by molar-refractivity contribution is 0.0361. The lowest BCUT2D eigenvalue weighted by Gasteiger charge is -2.35. The molecule has 1 heterocycles. The third-order valence-corrected chi connectivity index (χ3v) is 3.40. The van der Waals surface area contributed by atoms with Crippen molar-refractivity contribution in [2.24, 2.45) is 0 Å². The summed E-state index contributed by atoms with van der Waals surface area (Å²) < 4.78 is 4.55. The van der Waals surface area contributed by atoms with Gasteiger partial charge < -0.3 is 15.2 Å². The van der Waals surface area contributed by atoms with E-state index in [1.165, 1.54) is 12.7 Å². The molecule has 0 spiro atoms. The van der Waals surface area contributed by atoms with Gasteiger partial charge in [-0.05, 0) is 12.0 Å². The van der Waals surface area contributed by atoms with E-state index in [2.05, 4.69) is 27.1 Å². The van der Waals surface area contributed by atoms with Crippen molar-refractivity contribution in [3.05, 3.63) is 35.9 Å². The number of carbonyl (C=O) groups is 1. The predicted octanol–water partition coefficient (Wildman–Crippen LogP) is 0.978. The van der Waals surface area contributed by atoms with Gasteiger partial charge >= 0.3 is 6.09 Å². The largest absolute Gasteiger partial charge is 0.453 e. The van der Waals surface area contributed by atoms with Gasteiger partial charge in [-0.15, -0.1) is 0 Å². The number of methoxy groups -OCH3 is 1. The Kier molecular flexibility index (Phi) is 4.76. The van der Waals surface area contributed by atoms with E-state index in [-0.39, 0.29) is 6.04 Å². The van der Waals surface area contributed by atoms with E-state index in [0.717, 1.165) is 19.5 Å². The van der Waals surface area contributed by atoms with Crippen molar-refractivity contribution < 1.29 is 14.6 Å². The van der Waals surface area contributed by atoms with E-state index in [9.17, 15) is 9.90 Å². The minimum absolute atomic E-state index is 0.223. The van der Waals surface area contributed by atoms with E-state index in [0.29, 0.717) is 6.54 Å². The molecule has 5 nitrogen and oxygen atoms in total. The first-order valence-electron chi connectivity index (χ1n) is 6.48. The second-order valence-electron chi connectivity index (χ2n) is 4.82. The van der Waals surface area contributed by atoms with Crippen molar-refractivity contribution in [1.29, 1.82) is 0 Å². The smallest absolute Gasteiger partial charge is 0.407 e. The molecule has 1 fully saturated rings. The average Bonchev–Trinajstić information content (AvgIpc) is 2.43. The average molecular weight is 264 g/mol. The fourth-order valence-corrected chi connectivity index (χ4v) is 2.36. The molecule has 1 aliphatic rings. The minimum atomic E-state index is -0.559. The van der Waals surface area contributed by atoms with E-state index in [4.69, 9.17) is 0 Å². The fraction of sp³-hybridized carbons (Fsp3) is 0.500. The molecule has 2 N–H and O–H groups in total. The fourth-order valence-electron chi connectivity index (χ4n) is 2.36. The number of likely N-dealkylation sites (tertiary alicyclic amines) is 1. The molecule has 5 heteroatoms. The Morgan fingerprint density at radius 3 is 2.84 bits per heavy atom. The summed E-state index contributed by atoms with van der Waals surface area (Å²) >= 11 is 0. The van der Waals surface area contributed by atoms with Crippen LogP contribution in [0, 0.1) is 0 Å². The van der Waals surface area contributed by atoms with Gasteiger partial charge in [0.15, 0.2) is 0 Å². The molecule has 0 saturated carbocycles. The third kappa shape index (κ3) is 3.94. The van der Waals surface area contributed by atoms with E-state index in [1.54, 1.807) is 0 Å². The van der Waals surface area contributed by atoms with Crippen LogP contribution in [0.2, 0.25) is 0 Å². The molecule has 0 aromatic heterocycles. The van der Waals surface area contributed by atoms with Crippen LogP contribution in [0.4, 0.5) is 4.79 Å². The first-order chi connectivity index (χ1) is 9.19. The topological polar surface area (TPSA) is 61.8 Å². The number of amides is 1. The van der Waals surface area contributed by atoms with Crippen LogP contribution in [0.25, 0.3) is 0 Å². The van der Waals surface area contributed by atoms with Crippen LogP contribution in [0.5, 0.6) is 0 Å². The van der Waals surface area contributed by atoms with Gasteiger partial charge in [0.2, 0.25) is 0 Å². The van der Waals surface area contributed by atoms with Crippen molar-refractivity contribution in [1.82, 2.24) is 10.2 Å². The first-order valence-corrected chi connectivity index (χ1v) is 6.48. The molecular weight excluding hydrogens is 244 g/mol. The molecule has 2 rings (SSSR count). The maximum atomic E-state index is 11.1. The standard InChI is InChI=1S/C14H20N2O3/c1-19-14(18)15-12-7-8-16(10-13(12)17)9-11-5-3-2-4-6-11/h2-6,12-13,17H,7-10H2,1H3,(H,15,18)/t12-,13-/m1/s1. The van der Waals surface area contributed by atoms with Crippen molar-refractivity contribution in [2.45, 2.75) is 25.1 Å². The summed E-state index contributed by atoms with van der Waals surface area (Å²) in [5.74, 6) is 0. The quantitative estimate of drug-likeness (QED) is 0.854. The van der Waals surface area contributed by atoms with Crippen molar-refractivity contribution in [3.63, 3.8) is 0 Å². The SMILES string of the molecule is COC(=O)N[C@@H]1CCN(Cc2ccccc2)C[C@H]1O. The predicted molar refractivity (Wildman–Crippen MR) is 71.7 cm³/mol. The second kappa shape index (κ2) is 6.54. The van der Waals surface area contributed by atoms with Gasteiger partial charge in [0, 0.05) is 19.6 Å². The highest BCUT2D eigenvalue weighted by Crippen LogP contribution is 2.14. The lowest BCUT2D eigenvalue weighted by atomic mass is 10.0. The number of nitrogens with one attached hydrogen (secondary N) is 1. The minimum Gasteiger partial charge on any atom is -0.453 e. The molecule has 19 heavy (non-hydrogen) atoms. The lowest BCUT2D eigenvalue weighted by Crippen LogP contribution is -2.53. The highest BCUT2D eigenvalue weighted by atomic mass is 16.5. The van der Waals surface area contributed by atoms with Gasteiger partial charge in [-0.3, -0.25) is 4.90 Å². The monoisotopic (exact) mass is 264 g/mol. The molecular formula is C14H20N2O3. The van der Waals surface area contributed by atoms with Crippen LogP contribution in [-0.2, 0) is 11.3 Å². The summed E-state index contributed by atoms with van der Waals surface area (Å²) in [4.78, 5) is 13.3. The number of alkyl carbamates (subject to hydrolysis) is 1. The van der Waals surface area contributed by atoms with Crippen LogP contribution in [0.3, 0.4) is 0 Å². The number of carbonyl (C=O) groups excluding carboxylic acids is 1. The number of ether oxygens (including phenoxy) is 1. The zero-order valence-electron chi connectivity index (χ0n) is 11.1. The second-order valence-corrected chi connectivity index (χ2v) is 4.82. The Morgan fingerprint density at radius 2 is 2.21 bits per heavy atom. The van der Waals surface area contributed by atoms with Gasteiger partial charge in [-0.2, -0.15) is 0 Å². The Bertz CT molecular complexity index is 410. The molecule has 0 bridgehead atoms. The zero-order chi connectivity index (χ0) is 13.7. The molecule has 0 aliphatic carbocycles. The number of benzene rings is 1. The summed E-state index contributed by atoms with van der Waals surface area (Å²) in [5.41, 5.74) is 1.23. The van der Waals surface area contributed by atoms with Crippen molar-refractivity contribution in [2.75, 3.05) is 20.2 Å². The molecule has 104 valence electrons. The number of nitrogens with zero attached hydrogens (tertiary/aromatic N) is 1. The normalized spacial score (nSPS) is 23.9. The summed E-state index contributed by atoms with van der Waals surface area (Å²) in [6.45, 7) is 2.23. The summed E-state index contributed by atoms with van der Waals surface area (Å²) in [7, 11) is 1.33. The Hall–Kier alpha value is -1.59. The Morgan fingerprint density at radius 1 is 1.47 bits per heavy atom. The van der Waals surface area contributed by atoms with Crippen LogP contribution >= 0.6 is 0 Å². The van der Waals surface area contributed by atoms with E-state index < -0.39 is 12.2 Å². The first kappa shape index (κ1) is 13.8. The number of rotatable bonds is 3. The Labute approximate surface area is 113 Å². The van der Waals surface area contributed by atoms with Gasteiger partial charge in [-0.1, -0.05) is 30.3 Å². The number of aliphatic hydroxyl groups excluding tert-OH is 1. The molecule has 2 atom stereocenters.